The minimum Gasteiger partial charge on any atom is -0.393 e. The van der Waals surface area contributed by atoms with Crippen LogP contribution in [0, 0.1) is 11.8 Å². The Kier molecular flexibility index (Phi) is 5.57. The van der Waals surface area contributed by atoms with E-state index in [4.69, 9.17) is 0 Å². The Bertz CT molecular complexity index is 86.9. The van der Waals surface area contributed by atoms with Gasteiger partial charge in [0.15, 0.2) is 0 Å². The van der Waals surface area contributed by atoms with E-state index in [1.54, 1.807) is 0 Å². The van der Waals surface area contributed by atoms with Crippen molar-refractivity contribution in [3.05, 3.63) is 0 Å². The third kappa shape index (κ3) is 7.86. The summed E-state index contributed by atoms with van der Waals surface area (Å²) in [5.41, 5.74) is 0. The van der Waals surface area contributed by atoms with Crippen LogP contribution in [0.25, 0.3) is 0 Å². The lowest BCUT2D eigenvalue weighted by Gasteiger charge is -2.13. The van der Waals surface area contributed by atoms with Gasteiger partial charge < -0.3 is 5.11 Å². The molecule has 1 heteroatoms. The lowest BCUT2D eigenvalue weighted by molar-refractivity contribution is 0.132. The van der Waals surface area contributed by atoms with E-state index in [-0.39, 0.29) is 6.10 Å². The lowest BCUT2D eigenvalue weighted by Crippen LogP contribution is -2.10. The summed E-state index contributed by atoms with van der Waals surface area (Å²) in [6, 6.07) is 0. The van der Waals surface area contributed by atoms with Crippen molar-refractivity contribution in [3.8, 4) is 0 Å². The number of hydrogen-bond donors (Lipinski definition) is 1. The molecular weight excluding hydrogens is 136 g/mol. The maximum atomic E-state index is 9.47. The summed E-state index contributed by atoms with van der Waals surface area (Å²) < 4.78 is 0. The summed E-state index contributed by atoms with van der Waals surface area (Å²) in [7, 11) is 0. The van der Waals surface area contributed by atoms with Crippen LogP contribution in [0.15, 0.2) is 0 Å². The fraction of sp³-hybridized carbons (Fsp3) is 1.00. The highest BCUT2D eigenvalue weighted by Gasteiger charge is 2.07. The fourth-order valence-electron chi connectivity index (χ4n) is 1.19. The Morgan fingerprint density at radius 3 is 1.82 bits per heavy atom. The first-order valence-electron chi connectivity index (χ1n) is 4.70. The molecule has 1 nitrogen and oxygen atoms in total. The molecular formula is C10H22O. The van der Waals surface area contributed by atoms with Gasteiger partial charge in [-0.05, 0) is 31.1 Å². The summed E-state index contributed by atoms with van der Waals surface area (Å²) in [6.45, 7) is 8.70. The van der Waals surface area contributed by atoms with Crippen LogP contribution in [0.4, 0.5) is 0 Å². The van der Waals surface area contributed by atoms with Gasteiger partial charge in [-0.25, -0.2) is 0 Å². The number of rotatable bonds is 5. The molecule has 0 bridgehead atoms. The molecule has 0 unspecified atom stereocenters. The van der Waals surface area contributed by atoms with Crippen molar-refractivity contribution in [3.63, 3.8) is 0 Å². The second kappa shape index (κ2) is 5.59. The molecule has 0 amide bonds. The predicted octanol–water partition coefficient (Wildman–Crippen LogP) is 2.83. The summed E-state index contributed by atoms with van der Waals surface area (Å²) in [5, 5.41) is 9.47. The van der Waals surface area contributed by atoms with Crippen LogP contribution in [-0.2, 0) is 0 Å². The van der Waals surface area contributed by atoms with Gasteiger partial charge in [0, 0.05) is 0 Å². The van der Waals surface area contributed by atoms with E-state index >= 15 is 0 Å². The first-order valence-corrected chi connectivity index (χ1v) is 4.70. The molecule has 1 N–H and O–H groups in total. The molecule has 0 heterocycles. The Morgan fingerprint density at radius 2 is 1.45 bits per heavy atom. The minimum absolute atomic E-state index is 0.0719. The third-order valence-corrected chi connectivity index (χ3v) is 1.82. The Balaban J connectivity index is 3.29. The van der Waals surface area contributed by atoms with Crippen LogP contribution in [0.5, 0.6) is 0 Å². The summed E-state index contributed by atoms with van der Waals surface area (Å²) >= 11 is 0. The van der Waals surface area contributed by atoms with Gasteiger partial charge >= 0.3 is 0 Å². The van der Waals surface area contributed by atoms with Crippen molar-refractivity contribution < 1.29 is 5.11 Å². The zero-order valence-corrected chi connectivity index (χ0v) is 8.30. The molecule has 11 heavy (non-hydrogen) atoms. The molecule has 0 saturated heterocycles. The number of hydrogen-bond acceptors (Lipinski definition) is 1. The molecule has 0 spiro atoms. The van der Waals surface area contributed by atoms with Crippen molar-refractivity contribution in [2.75, 3.05) is 0 Å². The molecule has 0 aromatic carbocycles. The maximum Gasteiger partial charge on any atom is 0.0542 e. The van der Waals surface area contributed by atoms with E-state index in [0.29, 0.717) is 5.92 Å². The minimum atomic E-state index is -0.0719. The molecule has 68 valence electrons. The third-order valence-electron chi connectivity index (χ3n) is 1.82. The van der Waals surface area contributed by atoms with Crippen molar-refractivity contribution in [2.45, 2.75) is 53.1 Å². The van der Waals surface area contributed by atoms with E-state index in [2.05, 4.69) is 27.7 Å². The van der Waals surface area contributed by atoms with E-state index < -0.39 is 0 Å². The highest BCUT2D eigenvalue weighted by Crippen LogP contribution is 2.12. The molecule has 0 aromatic rings. The molecule has 0 radical (unpaired) electrons. The largest absolute Gasteiger partial charge is 0.393 e. The van der Waals surface area contributed by atoms with Gasteiger partial charge in [0.1, 0.15) is 0 Å². The first kappa shape index (κ1) is 11.0. The van der Waals surface area contributed by atoms with E-state index in [1.807, 2.05) is 0 Å². The standard InChI is InChI=1S/C10H22O/c1-8(2)5-6-10(11)7-9(3)4/h8-11H,5-7H2,1-4H3/t10-/m0/s1. The zero-order chi connectivity index (χ0) is 8.85. The zero-order valence-electron chi connectivity index (χ0n) is 8.30. The van der Waals surface area contributed by atoms with Crippen LogP contribution < -0.4 is 0 Å². The van der Waals surface area contributed by atoms with Gasteiger partial charge in [-0.3, -0.25) is 0 Å². The number of aliphatic hydroxyl groups excluding tert-OH is 1. The van der Waals surface area contributed by atoms with Crippen LogP contribution in [0.2, 0.25) is 0 Å². The lowest BCUT2D eigenvalue weighted by atomic mass is 9.99. The average molecular weight is 158 g/mol. The highest BCUT2D eigenvalue weighted by atomic mass is 16.3. The Hall–Kier alpha value is -0.0400. The van der Waals surface area contributed by atoms with Gasteiger partial charge in [0.25, 0.3) is 0 Å². The van der Waals surface area contributed by atoms with Crippen molar-refractivity contribution in [1.29, 1.82) is 0 Å². The van der Waals surface area contributed by atoms with Gasteiger partial charge in [-0.1, -0.05) is 27.7 Å². The normalized spacial score (nSPS) is 14.5. The average Bonchev–Trinajstić information content (AvgIpc) is 1.82. The molecule has 0 aliphatic carbocycles. The SMILES string of the molecule is CC(C)CC[C@H](O)CC(C)C. The molecule has 1 atom stereocenters. The first-order chi connectivity index (χ1) is 5.02. The van der Waals surface area contributed by atoms with Gasteiger partial charge in [0.2, 0.25) is 0 Å². The van der Waals surface area contributed by atoms with E-state index in [0.717, 1.165) is 25.2 Å². The molecule has 0 saturated carbocycles. The molecule has 0 aromatic heterocycles. The van der Waals surface area contributed by atoms with Gasteiger partial charge in [-0.2, -0.15) is 0 Å². The molecule has 0 aliphatic heterocycles. The van der Waals surface area contributed by atoms with E-state index in [1.165, 1.54) is 0 Å². The summed E-state index contributed by atoms with van der Waals surface area (Å²) in [4.78, 5) is 0. The van der Waals surface area contributed by atoms with Crippen molar-refractivity contribution in [2.24, 2.45) is 11.8 Å². The Labute approximate surface area is 70.8 Å². The topological polar surface area (TPSA) is 20.2 Å². The van der Waals surface area contributed by atoms with E-state index in [9.17, 15) is 5.11 Å². The molecule has 0 rings (SSSR count). The smallest absolute Gasteiger partial charge is 0.0542 e. The van der Waals surface area contributed by atoms with Crippen LogP contribution >= 0.6 is 0 Å². The van der Waals surface area contributed by atoms with Crippen molar-refractivity contribution in [1.82, 2.24) is 0 Å². The van der Waals surface area contributed by atoms with Crippen LogP contribution in [-0.4, -0.2) is 11.2 Å². The summed E-state index contributed by atoms with van der Waals surface area (Å²) in [6.07, 6.45) is 2.99. The second-order valence-corrected chi connectivity index (χ2v) is 4.25. The van der Waals surface area contributed by atoms with Crippen LogP contribution in [0.3, 0.4) is 0 Å². The van der Waals surface area contributed by atoms with Gasteiger partial charge in [-0.15, -0.1) is 0 Å². The summed E-state index contributed by atoms with van der Waals surface area (Å²) in [5.74, 6) is 1.34. The van der Waals surface area contributed by atoms with Gasteiger partial charge in [0.05, 0.1) is 6.10 Å². The monoisotopic (exact) mass is 158 g/mol. The van der Waals surface area contributed by atoms with Crippen molar-refractivity contribution >= 4 is 0 Å². The van der Waals surface area contributed by atoms with Crippen LogP contribution in [0.1, 0.15) is 47.0 Å². The maximum absolute atomic E-state index is 9.47. The number of aliphatic hydroxyl groups is 1. The molecule has 0 aliphatic rings. The fourth-order valence-corrected chi connectivity index (χ4v) is 1.19. The Morgan fingerprint density at radius 1 is 0.909 bits per heavy atom. The second-order valence-electron chi connectivity index (χ2n) is 4.25. The molecule has 0 fully saturated rings. The highest BCUT2D eigenvalue weighted by molar-refractivity contribution is 4.59. The quantitative estimate of drug-likeness (QED) is 0.652. The predicted molar refractivity (Wildman–Crippen MR) is 49.5 cm³/mol.